The van der Waals surface area contributed by atoms with Crippen molar-refractivity contribution in [1.29, 1.82) is 0 Å². The van der Waals surface area contributed by atoms with Crippen LogP contribution in [0.4, 0.5) is 15.3 Å². The summed E-state index contributed by atoms with van der Waals surface area (Å²) < 4.78 is 21.1. The Bertz CT molecular complexity index is 991. The van der Waals surface area contributed by atoms with Gasteiger partial charge in [0.15, 0.2) is 5.75 Å². The van der Waals surface area contributed by atoms with Crippen LogP contribution in [0.25, 0.3) is 0 Å². The lowest BCUT2D eigenvalue weighted by Crippen LogP contribution is -2.34. The number of rotatable bonds is 7. The summed E-state index contributed by atoms with van der Waals surface area (Å²) in [5.74, 6) is 1.82. The van der Waals surface area contributed by atoms with Crippen molar-refractivity contribution < 1.29 is 28.5 Å². The van der Waals surface area contributed by atoms with Gasteiger partial charge in [0.2, 0.25) is 0 Å². The number of anilines is 1. The molecule has 172 valence electrons. The van der Waals surface area contributed by atoms with Crippen LogP contribution < -0.4 is 19.7 Å². The summed E-state index contributed by atoms with van der Waals surface area (Å²) in [6, 6.07) is 8.62. The van der Waals surface area contributed by atoms with Crippen LogP contribution in [0, 0.1) is 0 Å². The van der Waals surface area contributed by atoms with Crippen molar-refractivity contribution >= 4 is 41.1 Å². The molecule has 1 heterocycles. The molecular weight excluding hydrogens is 459 g/mol. The summed E-state index contributed by atoms with van der Waals surface area (Å²) in [5.41, 5.74) is 1.44. The van der Waals surface area contributed by atoms with E-state index in [4.69, 9.17) is 37.4 Å². The van der Waals surface area contributed by atoms with Crippen LogP contribution in [-0.2, 0) is 9.47 Å². The van der Waals surface area contributed by atoms with Gasteiger partial charge in [-0.25, -0.2) is 9.59 Å². The third kappa shape index (κ3) is 5.31. The lowest BCUT2D eigenvalue weighted by atomic mass is 10.0. The number of cyclic esters (lactones) is 1. The Labute approximate surface area is 196 Å². The van der Waals surface area contributed by atoms with E-state index in [1.807, 2.05) is 12.1 Å². The summed E-state index contributed by atoms with van der Waals surface area (Å²) in [5, 5.41) is 2.97. The normalized spacial score (nSPS) is 15.5. The van der Waals surface area contributed by atoms with Crippen LogP contribution in [-0.4, -0.2) is 45.6 Å². The van der Waals surface area contributed by atoms with E-state index in [0.717, 1.165) is 11.3 Å². The van der Waals surface area contributed by atoms with Crippen LogP contribution in [0.15, 0.2) is 30.3 Å². The molecule has 0 spiro atoms. The maximum absolute atomic E-state index is 12.3. The molecule has 2 aromatic rings. The van der Waals surface area contributed by atoms with Gasteiger partial charge in [0, 0.05) is 5.56 Å². The lowest BCUT2D eigenvalue weighted by molar-refractivity contribution is 0.132. The van der Waals surface area contributed by atoms with Crippen molar-refractivity contribution in [1.82, 2.24) is 5.32 Å². The molecule has 2 aromatic carbocycles. The molecule has 1 atom stereocenters. The number of carbonyl (C=O) groups excluding carboxylic acids is 2. The number of methoxy groups -OCH3 is 2. The molecule has 1 saturated heterocycles. The van der Waals surface area contributed by atoms with Crippen molar-refractivity contribution in [3.8, 4) is 17.2 Å². The molecule has 10 heteroatoms. The van der Waals surface area contributed by atoms with E-state index in [1.54, 1.807) is 25.3 Å². The van der Waals surface area contributed by atoms with Crippen LogP contribution >= 0.6 is 23.2 Å². The second-order valence-electron chi connectivity index (χ2n) is 7.39. The molecule has 32 heavy (non-hydrogen) atoms. The Morgan fingerprint density at radius 1 is 1.22 bits per heavy atom. The number of nitrogens with one attached hydrogen (secondary N) is 1. The fourth-order valence-corrected chi connectivity index (χ4v) is 3.81. The SMILES string of the molecule is COC(=O)NCC1CN(c2cc(Cl)c(Oc3ccc(OC)c(C(C)C)c3)c(Cl)c2)C(=O)O1. The number of hydrogen-bond acceptors (Lipinski definition) is 6. The molecule has 1 unspecified atom stereocenters. The van der Waals surface area contributed by atoms with E-state index in [-0.39, 0.29) is 34.8 Å². The van der Waals surface area contributed by atoms with E-state index in [1.165, 1.54) is 12.0 Å². The molecule has 0 radical (unpaired) electrons. The zero-order valence-corrected chi connectivity index (χ0v) is 19.6. The Balaban J connectivity index is 1.78. The van der Waals surface area contributed by atoms with E-state index in [0.29, 0.717) is 11.4 Å². The highest BCUT2D eigenvalue weighted by molar-refractivity contribution is 6.37. The maximum atomic E-state index is 12.3. The monoisotopic (exact) mass is 482 g/mol. The van der Waals surface area contributed by atoms with Crippen molar-refractivity contribution in [2.24, 2.45) is 0 Å². The second-order valence-corrected chi connectivity index (χ2v) is 8.20. The van der Waals surface area contributed by atoms with Gasteiger partial charge in [-0.2, -0.15) is 0 Å². The maximum Gasteiger partial charge on any atom is 0.414 e. The van der Waals surface area contributed by atoms with Crippen molar-refractivity contribution in [3.05, 3.63) is 45.9 Å². The Morgan fingerprint density at radius 2 is 1.91 bits per heavy atom. The average molecular weight is 483 g/mol. The number of benzene rings is 2. The standard InChI is InChI=1S/C22H24Cl2N2O6/c1-12(2)16-9-14(5-6-19(16)29-3)31-20-17(23)7-13(8-18(20)24)26-11-15(32-22(26)28)10-25-21(27)30-4/h5-9,12,15H,10-11H2,1-4H3,(H,25,27). The molecule has 1 fully saturated rings. The van der Waals surface area contributed by atoms with Crippen molar-refractivity contribution in [2.75, 3.05) is 32.2 Å². The van der Waals surface area contributed by atoms with Crippen LogP contribution in [0.5, 0.6) is 17.2 Å². The van der Waals surface area contributed by atoms with Gasteiger partial charge in [0.25, 0.3) is 0 Å². The van der Waals surface area contributed by atoms with E-state index in [9.17, 15) is 9.59 Å². The van der Waals surface area contributed by atoms with Crippen LogP contribution in [0.2, 0.25) is 10.0 Å². The van der Waals surface area contributed by atoms with E-state index >= 15 is 0 Å². The molecule has 0 aromatic heterocycles. The first-order valence-corrected chi connectivity index (χ1v) is 10.6. The van der Waals surface area contributed by atoms with E-state index < -0.39 is 18.3 Å². The highest BCUT2D eigenvalue weighted by atomic mass is 35.5. The number of carbonyl (C=O) groups is 2. The Morgan fingerprint density at radius 3 is 2.50 bits per heavy atom. The first-order valence-electron chi connectivity index (χ1n) is 9.88. The summed E-state index contributed by atoms with van der Waals surface area (Å²) in [7, 11) is 2.87. The summed E-state index contributed by atoms with van der Waals surface area (Å²) in [6.45, 7) is 4.44. The highest BCUT2D eigenvalue weighted by Crippen LogP contribution is 2.41. The van der Waals surface area contributed by atoms with Crippen LogP contribution in [0.1, 0.15) is 25.3 Å². The topological polar surface area (TPSA) is 86.3 Å². The average Bonchev–Trinajstić information content (AvgIpc) is 3.14. The second kappa shape index (κ2) is 10.2. The van der Waals surface area contributed by atoms with Gasteiger partial charge in [0.05, 0.1) is 43.0 Å². The third-order valence-corrected chi connectivity index (χ3v) is 5.43. The van der Waals surface area contributed by atoms with Crippen molar-refractivity contribution in [2.45, 2.75) is 25.9 Å². The largest absolute Gasteiger partial charge is 0.496 e. The summed E-state index contributed by atoms with van der Waals surface area (Å²) >= 11 is 12.9. The number of amides is 2. The zero-order valence-electron chi connectivity index (χ0n) is 18.1. The molecule has 0 saturated carbocycles. The molecule has 1 aliphatic rings. The highest BCUT2D eigenvalue weighted by Gasteiger charge is 2.33. The Hall–Kier alpha value is -2.84. The van der Waals surface area contributed by atoms with Crippen LogP contribution in [0.3, 0.4) is 0 Å². The van der Waals surface area contributed by atoms with Gasteiger partial charge in [-0.05, 0) is 36.2 Å². The first kappa shape index (κ1) is 23.8. The fraction of sp³-hybridized carbons (Fsp3) is 0.364. The molecule has 0 bridgehead atoms. The quantitative estimate of drug-likeness (QED) is 0.552. The molecule has 3 rings (SSSR count). The smallest absolute Gasteiger partial charge is 0.414 e. The fourth-order valence-electron chi connectivity index (χ4n) is 3.25. The molecule has 2 amide bonds. The molecule has 8 nitrogen and oxygen atoms in total. The van der Waals surface area contributed by atoms with Gasteiger partial charge in [-0.1, -0.05) is 37.0 Å². The van der Waals surface area contributed by atoms with Gasteiger partial charge in [-0.15, -0.1) is 0 Å². The third-order valence-electron chi connectivity index (χ3n) is 4.87. The molecule has 0 aliphatic carbocycles. The molecule has 1 N–H and O–H groups in total. The lowest BCUT2D eigenvalue weighted by Gasteiger charge is -2.18. The van der Waals surface area contributed by atoms with Crippen molar-refractivity contribution in [3.63, 3.8) is 0 Å². The number of hydrogen-bond donors (Lipinski definition) is 1. The zero-order chi connectivity index (χ0) is 23.4. The molecular formula is C22H24Cl2N2O6. The van der Waals surface area contributed by atoms with Gasteiger partial charge in [-0.3, -0.25) is 4.90 Å². The van der Waals surface area contributed by atoms with Gasteiger partial charge < -0.3 is 24.3 Å². The number of halogens is 2. The first-order chi connectivity index (χ1) is 15.2. The predicted octanol–water partition coefficient (Wildman–Crippen LogP) is 5.60. The van der Waals surface area contributed by atoms with Gasteiger partial charge >= 0.3 is 12.2 Å². The van der Waals surface area contributed by atoms with E-state index in [2.05, 4.69) is 23.9 Å². The minimum absolute atomic E-state index is 0.118. The molecule has 1 aliphatic heterocycles. The summed E-state index contributed by atoms with van der Waals surface area (Å²) in [6.07, 6.45) is -1.71. The number of nitrogens with zero attached hydrogens (tertiary/aromatic N) is 1. The minimum atomic E-state index is -0.605. The predicted molar refractivity (Wildman–Crippen MR) is 122 cm³/mol. The Kier molecular flexibility index (Phi) is 7.58. The minimum Gasteiger partial charge on any atom is -0.496 e. The van der Waals surface area contributed by atoms with Gasteiger partial charge in [0.1, 0.15) is 17.6 Å². The number of alkyl carbamates (subject to hydrolysis) is 1. The number of ether oxygens (including phenoxy) is 4. The summed E-state index contributed by atoms with van der Waals surface area (Å²) in [4.78, 5) is 24.9.